The Morgan fingerprint density at radius 3 is 2.96 bits per heavy atom. The molecule has 0 saturated carbocycles. The van der Waals surface area contributed by atoms with Gasteiger partial charge in [0, 0.05) is 10.9 Å². The molecule has 4 rings (SSSR count). The van der Waals surface area contributed by atoms with Crippen molar-refractivity contribution in [2.45, 2.75) is 38.8 Å². The van der Waals surface area contributed by atoms with Gasteiger partial charge in [0.2, 0.25) is 0 Å². The highest BCUT2D eigenvalue weighted by atomic mass is 32.1. The minimum absolute atomic E-state index is 0.100. The van der Waals surface area contributed by atoms with E-state index in [9.17, 15) is 4.79 Å². The third kappa shape index (κ3) is 2.78. The second-order valence-electron chi connectivity index (χ2n) is 6.34. The van der Waals surface area contributed by atoms with Crippen molar-refractivity contribution in [3.05, 3.63) is 63.0 Å². The molecular formula is C19H21N3OS. The summed E-state index contributed by atoms with van der Waals surface area (Å²) in [7, 11) is 0. The smallest absolute Gasteiger partial charge is 0.262 e. The van der Waals surface area contributed by atoms with Crippen LogP contribution in [0.3, 0.4) is 0 Å². The first-order chi connectivity index (χ1) is 11.8. The molecule has 1 unspecified atom stereocenters. The summed E-state index contributed by atoms with van der Waals surface area (Å²) < 4.78 is 1.74. The van der Waals surface area contributed by atoms with Crippen LogP contribution in [-0.2, 0) is 19.4 Å². The first kappa shape index (κ1) is 15.5. The van der Waals surface area contributed by atoms with Crippen LogP contribution < -0.4 is 10.9 Å². The lowest BCUT2D eigenvalue weighted by molar-refractivity contribution is 0.476. The van der Waals surface area contributed by atoms with Crippen molar-refractivity contribution in [1.82, 2.24) is 14.9 Å². The first-order valence-electron chi connectivity index (χ1n) is 8.53. The van der Waals surface area contributed by atoms with E-state index in [0.29, 0.717) is 12.6 Å². The van der Waals surface area contributed by atoms with E-state index in [-0.39, 0.29) is 5.56 Å². The topological polar surface area (TPSA) is 46.9 Å². The van der Waals surface area contributed by atoms with Gasteiger partial charge in [-0.1, -0.05) is 37.3 Å². The van der Waals surface area contributed by atoms with E-state index in [4.69, 9.17) is 0 Å². The number of benzene rings is 1. The van der Waals surface area contributed by atoms with Gasteiger partial charge in [-0.05, 0) is 36.9 Å². The predicted molar refractivity (Wildman–Crippen MR) is 98.9 cm³/mol. The fourth-order valence-electron chi connectivity index (χ4n) is 3.56. The molecule has 1 aromatic carbocycles. The zero-order valence-corrected chi connectivity index (χ0v) is 14.6. The highest BCUT2D eigenvalue weighted by molar-refractivity contribution is 7.18. The van der Waals surface area contributed by atoms with Crippen LogP contribution in [0.25, 0.3) is 10.2 Å². The van der Waals surface area contributed by atoms with Gasteiger partial charge in [0.25, 0.3) is 5.56 Å². The zero-order valence-electron chi connectivity index (χ0n) is 13.8. The normalized spacial score (nSPS) is 17.1. The lowest BCUT2D eigenvalue weighted by Gasteiger charge is -2.22. The minimum Gasteiger partial charge on any atom is -0.314 e. The van der Waals surface area contributed by atoms with Crippen LogP contribution in [0.5, 0.6) is 0 Å². The molecule has 0 amide bonds. The van der Waals surface area contributed by atoms with E-state index in [2.05, 4.69) is 17.2 Å². The van der Waals surface area contributed by atoms with E-state index in [1.54, 1.807) is 22.2 Å². The predicted octanol–water partition coefficient (Wildman–Crippen LogP) is 2.97. The largest absolute Gasteiger partial charge is 0.314 e. The molecule has 2 aromatic heterocycles. The second kappa shape index (κ2) is 6.49. The van der Waals surface area contributed by atoms with E-state index in [0.717, 1.165) is 41.6 Å². The van der Waals surface area contributed by atoms with Gasteiger partial charge < -0.3 is 5.32 Å². The maximum atomic E-state index is 13.0. The highest BCUT2D eigenvalue weighted by Crippen LogP contribution is 2.33. The number of thiophene rings is 1. The maximum Gasteiger partial charge on any atom is 0.262 e. The van der Waals surface area contributed by atoms with Crippen LogP contribution in [0, 0.1) is 0 Å². The SMILES string of the molecule is CCNC1CCc2c(sc3ncn(Cc4ccccc4)c(=O)c23)C1. The number of fused-ring (bicyclic) bond motifs is 3. The number of nitrogens with one attached hydrogen (secondary N) is 1. The summed E-state index contributed by atoms with van der Waals surface area (Å²) >= 11 is 1.69. The van der Waals surface area contributed by atoms with Gasteiger partial charge in [-0.25, -0.2) is 4.98 Å². The zero-order chi connectivity index (χ0) is 16.5. The lowest BCUT2D eigenvalue weighted by atomic mass is 9.93. The molecule has 0 spiro atoms. The lowest BCUT2D eigenvalue weighted by Crippen LogP contribution is -2.34. The summed E-state index contributed by atoms with van der Waals surface area (Å²) in [5.41, 5.74) is 2.46. The quantitative estimate of drug-likeness (QED) is 0.795. The Bertz CT molecular complexity index is 914. The molecule has 1 N–H and O–H groups in total. The Labute approximate surface area is 145 Å². The molecule has 0 radical (unpaired) electrons. The van der Waals surface area contributed by atoms with Gasteiger partial charge in [-0.15, -0.1) is 11.3 Å². The monoisotopic (exact) mass is 339 g/mol. The van der Waals surface area contributed by atoms with E-state index < -0.39 is 0 Å². The van der Waals surface area contributed by atoms with Gasteiger partial charge in [0.1, 0.15) is 4.83 Å². The Morgan fingerprint density at radius 2 is 2.17 bits per heavy atom. The molecule has 3 aromatic rings. The average Bonchev–Trinajstić information content (AvgIpc) is 2.97. The number of hydrogen-bond acceptors (Lipinski definition) is 4. The summed E-state index contributed by atoms with van der Waals surface area (Å²) in [6.45, 7) is 3.71. The number of likely N-dealkylation sites (N-methyl/N-ethyl adjacent to an activating group) is 1. The molecule has 24 heavy (non-hydrogen) atoms. The summed E-state index contributed by atoms with van der Waals surface area (Å²) in [5.74, 6) is 0. The van der Waals surface area contributed by atoms with Gasteiger partial charge in [-0.3, -0.25) is 9.36 Å². The van der Waals surface area contributed by atoms with Crippen LogP contribution in [0.1, 0.15) is 29.3 Å². The Hall–Kier alpha value is -1.98. The van der Waals surface area contributed by atoms with Crippen LogP contribution in [0.15, 0.2) is 41.5 Å². The second-order valence-corrected chi connectivity index (χ2v) is 7.43. The maximum absolute atomic E-state index is 13.0. The molecule has 0 aliphatic heterocycles. The molecule has 1 aliphatic rings. The summed E-state index contributed by atoms with van der Waals surface area (Å²) in [5, 5.41) is 4.38. The van der Waals surface area contributed by atoms with Gasteiger partial charge >= 0.3 is 0 Å². The van der Waals surface area contributed by atoms with Crippen molar-refractivity contribution >= 4 is 21.6 Å². The molecule has 2 heterocycles. The van der Waals surface area contributed by atoms with E-state index in [1.807, 2.05) is 30.3 Å². The number of nitrogens with zero attached hydrogens (tertiary/aromatic N) is 2. The molecule has 124 valence electrons. The summed E-state index contributed by atoms with van der Waals surface area (Å²) in [4.78, 5) is 19.8. The van der Waals surface area contributed by atoms with E-state index >= 15 is 0 Å². The molecule has 0 fully saturated rings. The van der Waals surface area contributed by atoms with E-state index in [1.165, 1.54) is 10.4 Å². The van der Waals surface area contributed by atoms with Crippen LogP contribution in [0.2, 0.25) is 0 Å². The number of aromatic nitrogens is 2. The molecule has 0 saturated heterocycles. The van der Waals surface area contributed by atoms with Crippen LogP contribution in [0.4, 0.5) is 0 Å². The Morgan fingerprint density at radius 1 is 1.33 bits per heavy atom. The molecule has 0 bridgehead atoms. The van der Waals surface area contributed by atoms with Crippen molar-refractivity contribution < 1.29 is 0 Å². The summed E-state index contributed by atoms with van der Waals surface area (Å²) in [6, 6.07) is 10.6. The van der Waals surface area contributed by atoms with Gasteiger partial charge in [-0.2, -0.15) is 0 Å². The molecule has 1 atom stereocenters. The standard InChI is InChI=1S/C19H21N3OS/c1-2-20-14-8-9-15-16(10-14)24-18-17(15)19(23)22(12-21-18)11-13-6-4-3-5-7-13/h3-7,12,14,20H,2,8-11H2,1H3. The van der Waals surface area contributed by atoms with Gasteiger partial charge in [0.05, 0.1) is 18.3 Å². The van der Waals surface area contributed by atoms with Crippen molar-refractivity contribution in [2.24, 2.45) is 0 Å². The molecule has 5 heteroatoms. The molecular weight excluding hydrogens is 318 g/mol. The van der Waals surface area contributed by atoms with Crippen molar-refractivity contribution in [2.75, 3.05) is 6.54 Å². The fourth-order valence-corrected chi connectivity index (χ4v) is 4.81. The minimum atomic E-state index is 0.100. The number of aryl methyl sites for hydroxylation is 1. The van der Waals surface area contributed by atoms with Crippen molar-refractivity contribution in [3.8, 4) is 0 Å². The summed E-state index contributed by atoms with van der Waals surface area (Å²) in [6.07, 6.45) is 4.78. The average molecular weight is 339 g/mol. The third-order valence-electron chi connectivity index (χ3n) is 4.72. The van der Waals surface area contributed by atoms with Crippen molar-refractivity contribution in [3.63, 3.8) is 0 Å². The first-order valence-corrected chi connectivity index (χ1v) is 9.35. The van der Waals surface area contributed by atoms with Gasteiger partial charge in [0.15, 0.2) is 0 Å². The van der Waals surface area contributed by atoms with Crippen LogP contribution in [-0.4, -0.2) is 22.1 Å². The number of hydrogen-bond donors (Lipinski definition) is 1. The number of rotatable bonds is 4. The Kier molecular flexibility index (Phi) is 4.21. The fraction of sp³-hybridized carbons (Fsp3) is 0.368. The van der Waals surface area contributed by atoms with Crippen molar-refractivity contribution in [1.29, 1.82) is 0 Å². The van der Waals surface area contributed by atoms with Crippen LogP contribution >= 0.6 is 11.3 Å². The molecule has 4 nitrogen and oxygen atoms in total. The third-order valence-corrected chi connectivity index (χ3v) is 5.89. The highest BCUT2D eigenvalue weighted by Gasteiger charge is 2.24. The Balaban J connectivity index is 1.73. The molecule has 1 aliphatic carbocycles.